The molecule has 2 aromatic heterocycles. The number of aromatic nitrogens is 2. The first kappa shape index (κ1) is 10.0. The molecule has 14 heavy (non-hydrogen) atoms. The van der Waals surface area contributed by atoms with Crippen molar-refractivity contribution in [1.82, 2.24) is 9.59 Å². The van der Waals surface area contributed by atoms with Crippen LogP contribution in [0.3, 0.4) is 0 Å². The molecule has 2 rings (SSSR count). The Morgan fingerprint density at radius 3 is 2.93 bits per heavy atom. The van der Waals surface area contributed by atoms with Gasteiger partial charge in [0.1, 0.15) is 0 Å². The Balaban J connectivity index is 2.05. The second-order valence-corrected chi connectivity index (χ2v) is 5.36. The maximum absolute atomic E-state index is 9.77. The van der Waals surface area contributed by atoms with E-state index in [9.17, 15) is 5.11 Å². The SMILES string of the molecule is OC(Cc1ccc(Cl)s1)c1cnns1. The first-order chi connectivity index (χ1) is 6.75. The summed E-state index contributed by atoms with van der Waals surface area (Å²) >= 11 is 8.48. The molecule has 0 saturated carbocycles. The summed E-state index contributed by atoms with van der Waals surface area (Å²) < 4.78 is 4.44. The Hall–Kier alpha value is -0.490. The van der Waals surface area contributed by atoms with Crippen molar-refractivity contribution in [2.75, 3.05) is 0 Å². The molecule has 2 heterocycles. The molecule has 3 nitrogen and oxygen atoms in total. The molecule has 0 amide bonds. The van der Waals surface area contributed by atoms with Gasteiger partial charge in [0.15, 0.2) is 0 Å². The number of rotatable bonds is 3. The molecule has 74 valence electrons. The fourth-order valence-electron chi connectivity index (χ4n) is 1.07. The van der Waals surface area contributed by atoms with Crippen LogP contribution in [0.5, 0.6) is 0 Å². The normalized spacial score (nSPS) is 13.0. The number of halogens is 1. The second kappa shape index (κ2) is 4.35. The van der Waals surface area contributed by atoms with Gasteiger partial charge in [0.25, 0.3) is 0 Å². The van der Waals surface area contributed by atoms with E-state index in [0.717, 1.165) is 14.1 Å². The maximum atomic E-state index is 9.77. The Labute approximate surface area is 94.1 Å². The van der Waals surface area contributed by atoms with Gasteiger partial charge in [-0.3, -0.25) is 0 Å². The van der Waals surface area contributed by atoms with Crippen LogP contribution in [-0.4, -0.2) is 14.7 Å². The van der Waals surface area contributed by atoms with Crippen LogP contribution in [0, 0.1) is 0 Å². The van der Waals surface area contributed by atoms with Gasteiger partial charge in [0.05, 0.1) is 21.5 Å². The van der Waals surface area contributed by atoms with E-state index in [2.05, 4.69) is 9.59 Å². The summed E-state index contributed by atoms with van der Waals surface area (Å²) in [6.07, 6.45) is 1.64. The van der Waals surface area contributed by atoms with Crippen molar-refractivity contribution in [3.05, 3.63) is 32.4 Å². The van der Waals surface area contributed by atoms with E-state index in [4.69, 9.17) is 11.6 Å². The summed E-state index contributed by atoms with van der Waals surface area (Å²) in [5.74, 6) is 0. The van der Waals surface area contributed by atoms with Crippen LogP contribution >= 0.6 is 34.5 Å². The molecule has 0 aliphatic carbocycles. The highest BCUT2D eigenvalue weighted by molar-refractivity contribution is 7.16. The lowest BCUT2D eigenvalue weighted by Crippen LogP contribution is -1.97. The molecule has 0 aliphatic rings. The third-order valence-corrected chi connectivity index (χ3v) is 3.75. The molecule has 2 aromatic rings. The van der Waals surface area contributed by atoms with Crippen LogP contribution in [0.15, 0.2) is 18.3 Å². The van der Waals surface area contributed by atoms with Gasteiger partial charge in [-0.15, -0.1) is 16.4 Å². The van der Waals surface area contributed by atoms with E-state index < -0.39 is 6.10 Å². The fraction of sp³-hybridized carbons (Fsp3) is 0.250. The predicted octanol–water partition coefficient (Wildman–Crippen LogP) is 2.53. The van der Waals surface area contributed by atoms with Crippen molar-refractivity contribution < 1.29 is 5.11 Å². The monoisotopic (exact) mass is 246 g/mol. The molecule has 0 radical (unpaired) electrons. The highest BCUT2D eigenvalue weighted by Crippen LogP contribution is 2.27. The largest absolute Gasteiger partial charge is 0.387 e. The van der Waals surface area contributed by atoms with Gasteiger partial charge in [0, 0.05) is 11.3 Å². The highest BCUT2D eigenvalue weighted by Gasteiger charge is 2.12. The average Bonchev–Trinajstić information content (AvgIpc) is 2.75. The van der Waals surface area contributed by atoms with Crippen LogP contribution < -0.4 is 0 Å². The molecule has 0 aliphatic heterocycles. The zero-order valence-corrected chi connectivity index (χ0v) is 9.44. The number of hydrogen-bond donors (Lipinski definition) is 1. The Morgan fingerprint density at radius 1 is 1.50 bits per heavy atom. The minimum Gasteiger partial charge on any atom is -0.387 e. The van der Waals surface area contributed by atoms with Crippen molar-refractivity contribution in [2.45, 2.75) is 12.5 Å². The van der Waals surface area contributed by atoms with E-state index in [1.165, 1.54) is 22.9 Å². The molecule has 0 spiro atoms. The summed E-state index contributed by atoms with van der Waals surface area (Å²) in [6, 6.07) is 3.75. The van der Waals surface area contributed by atoms with Crippen LogP contribution in [0.4, 0.5) is 0 Å². The van der Waals surface area contributed by atoms with Crippen LogP contribution in [0.1, 0.15) is 15.9 Å². The summed E-state index contributed by atoms with van der Waals surface area (Å²) in [5, 5.41) is 13.4. The van der Waals surface area contributed by atoms with Crippen LogP contribution in [-0.2, 0) is 6.42 Å². The van der Waals surface area contributed by atoms with Gasteiger partial charge < -0.3 is 5.11 Å². The Morgan fingerprint density at radius 2 is 2.36 bits per heavy atom. The van der Waals surface area contributed by atoms with Crippen molar-refractivity contribution in [3.8, 4) is 0 Å². The summed E-state index contributed by atoms with van der Waals surface area (Å²) in [7, 11) is 0. The van der Waals surface area contributed by atoms with Gasteiger partial charge in [-0.2, -0.15) is 0 Å². The van der Waals surface area contributed by atoms with Crippen molar-refractivity contribution in [2.24, 2.45) is 0 Å². The molecular weight excluding hydrogens is 240 g/mol. The quantitative estimate of drug-likeness (QED) is 0.905. The van der Waals surface area contributed by atoms with Gasteiger partial charge >= 0.3 is 0 Å². The van der Waals surface area contributed by atoms with Crippen LogP contribution in [0.2, 0.25) is 4.34 Å². The molecule has 1 unspecified atom stereocenters. The minimum atomic E-state index is -0.523. The molecular formula is C8H7ClN2OS2. The number of aliphatic hydroxyl groups excluding tert-OH is 1. The number of nitrogens with zero attached hydrogens (tertiary/aromatic N) is 2. The molecule has 0 bridgehead atoms. The highest BCUT2D eigenvalue weighted by atomic mass is 35.5. The molecule has 0 fully saturated rings. The number of thiophene rings is 1. The maximum Gasteiger partial charge on any atom is 0.0962 e. The van der Waals surface area contributed by atoms with E-state index >= 15 is 0 Å². The topological polar surface area (TPSA) is 46.0 Å². The Kier molecular flexibility index (Phi) is 3.12. The summed E-state index contributed by atoms with van der Waals surface area (Å²) in [5.41, 5.74) is 0. The van der Waals surface area contributed by atoms with E-state index in [-0.39, 0.29) is 0 Å². The zero-order chi connectivity index (χ0) is 9.97. The lowest BCUT2D eigenvalue weighted by molar-refractivity contribution is 0.183. The number of hydrogen-bond acceptors (Lipinski definition) is 5. The predicted molar refractivity (Wildman–Crippen MR) is 57.9 cm³/mol. The third-order valence-electron chi connectivity index (χ3n) is 1.73. The van der Waals surface area contributed by atoms with Gasteiger partial charge in [0.2, 0.25) is 0 Å². The van der Waals surface area contributed by atoms with Crippen molar-refractivity contribution >= 4 is 34.5 Å². The van der Waals surface area contributed by atoms with E-state index in [1.807, 2.05) is 12.1 Å². The van der Waals surface area contributed by atoms with Gasteiger partial charge in [-0.25, -0.2) is 0 Å². The third kappa shape index (κ3) is 2.30. The zero-order valence-electron chi connectivity index (χ0n) is 7.05. The van der Waals surface area contributed by atoms with Crippen molar-refractivity contribution in [1.29, 1.82) is 0 Å². The smallest absolute Gasteiger partial charge is 0.0962 e. The van der Waals surface area contributed by atoms with Gasteiger partial charge in [-0.05, 0) is 23.7 Å². The second-order valence-electron chi connectivity index (χ2n) is 2.75. The molecule has 0 saturated heterocycles. The van der Waals surface area contributed by atoms with Gasteiger partial charge in [-0.1, -0.05) is 16.1 Å². The van der Waals surface area contributed by atoms with E-state index in [0.29, 0.717) is 6.42 Å². The van der Waals surface area contributed by atoms with Crippen LogP contribution in [0.25, 0.3) is 0 Å². The summed E-state index contributed by atoms with van der Waals surface area (Å²) in [4.78, 5) is 1.85. The van der Waals surface area contributed by atoms with Crippen molar-refractivity contribution in [3.63, 3.8) is 0 Å². The first-order valence-corrected chi connectivity index (χ1v) is 5.92. The molecule has 1 atom stereocenters. The fourth-order valence-corrected chi connectivity index (χ4v) is 2.69. The standard InChI is InChI=1S/C8H7ClN2OS2/c9-8-2-1-5(13-8)3-6(12)7-4-10-11-14-7/h1-2,4,6,12H,3H2. The average molecular weight is 247 g/mol. The Bertz CT molecular complexity index is 401. The first-order valence-electron chi connectivity index (χ1n) is 3.95. The molecule has 1 N–H and O–H groups in total. The molecule has 6 heteroatoms. The molecule has 0 aromatic carbocycles. The summed E-state index contributed by atoms with van der Waals surface area (Å²) in [6.45, 7) is 0. The number of aliphatic hydroxyl groups is 1. The van der Waals surface area contributed by atoms with E-state index in [1.54, 1.807) is 6.20 Å². The minimum absolute atomic E-state index is 0.523. The lowest BCUT2D eigenvalue weighted by atomic mass is 10.2. The lowest BCUT2D eigenvalue weighted by Gasteiger charge is -2.03.